The first-order valence-electron chi connectivity index (χ1n) is 6.39. The van der Waals surface area contributed by atoms with Crippen LogP contribution in [0.1, 0.15) is 27.4 Å². The minimum atomic E-state index is -0.376. The van der Waals surface area contributed by atoms with Crippen LogP contribution in [0.5, 0.6) is 0 Å². The largest absolute Gasteiger partial charge is 0.465 e. The molecule has 1 heterocycles. The molecule has 0 atom stereocenters. The van der Waals surface area contributed by atoms with E-state index >= 15 is 0 Å². The number of carbonyl (C=O) groups excluding carboxylic acids is 2. The molecule has 3 rings (SSSR count). The summed E-state index contributed by atoms with van der Waals surface area (Å²) >= 11 is 0. The number of furan rings is 1. The van der Waals surface area contributed by atoms with Gasteiger partial charge in [-0.05, 0) is 41.0 Å². The highest BCUT2D eigenvalue weighted by molar-refractivity contribution is 6.24. The van der Waals surface area contributed by atoms with Gasteiger partial charge in [-0.3, -0.25) is 4.79 Å². The summed E-state index contributed by atoms with van der Waals surface area (Å²) in [5.41, 5.74) is 3.12. The van der Waals surface area contributed by atoms with E-state index in [1.54, 1.807) is 24.3 Å². The summed E-state index contributed by atoms with van der Waals surface area (Å²) in [6.07, 6.45) is 4.21. The molecule has 0 N–H and O–H groups in total. The fourth-order valence-corrected chi connectivity index (χ4v) is 2.34. The van der Waals surface area contributed by atoms with Crippen LogP contribution in [0.2, 0.25) is 0 Å². The Morgan fingerprint density at radius 2 is 1.81 bits per heavy atom. The van der Waals surface area contributed by atoms with Crippen molar-refractivity contribution in [2.24, 2.45) is 0 Å². The molecule has 0 radical (unpaired) electrons. The van der Waals surface area contributed by atoms with Gasteiger partial charge >= 0.3 is 5.97 Å². The minimum absolute atomic E-state index is 0.269. The van der Waals surface area contributed by atoms with Crippen LogP contribution in [0.3, 0.4) is 0 Å². The summed E-state index contributed by atoms with van der Waals surface area (Å²) in [6, 6.07) is 10.9. The first kappa shape index (κ1) is 13.1. The lowest BCUT2D eigenvalue weighted by atomic mass is 10.0. The van der Waals surface area contributed by atoms with Crippen molar-refractivity contribution in [3.8, 4) is 0 Å². The first-order chi connectivity index (χ1) is 10.2. The van der Waals surface area contributed by atoms with Gasteiger partial charge in [0.15, 0.2) is 12.0 Å². The van der Waals surface area contributed by atoms with Crippen molar-refractivity contribution in [3.05, 3.63) is 65.1 Å². The zero-order valence-electron chi connectivity index (χ0n) is 11.3. The summed E-state index contributed by atoms with van der Waals surface area (Å²) in [4.78, 5) is 22.5. The lowest BCUT2D eigenvalue weighted by Crippen LogP contribution is -2.02. The van der Waals surface area contributed by atoms with Crippen molar-refractivity contribution >= 4 is 29.5 Å². The van der Waals surface area contributed by atoms with Crippen LogP contribution < -0.4 is 0 Å². The maximum atomic E-state index is 11.8. The first-order valence-corrected chi connectivity index (χ1v) is 6.39. The average Bonchev–Trinajstić information content (AvgIpc) is 3.12. The van der Waals surface area contributed by atoms with Gasteiger partial charge in [-0.1, -0.05) is 24.3 Å². The van der Waals surface area contributed by atoms with Crippen molar-refractivity contribution in [2.75, 3.05) is 7.11 Å². The van der Waals surface area contributed by atoms with Crippen LogP contribution in [-0.4, -0.2) is 19.4 Å². The molecule has 2 aromatic rings. The molecule has 1 aliphatic rings. The van der Waals surface area contributed by atoms with Gasteiger partial charge in [-0.15, -0.1) is 0 Å². The van der Waals surface area contributed by atoms with Gasteiger partial charge in [-0.25, -0.2) is 4.79 Å². The van der Waals surface area contributed by atoms with Crippen molar-refractivity contribution in [1.82, 2.24) is 0 Å². The summed E-state index contributed by atoms with van der Waals surface area (Å²) in [5, 5.41) is 0. The second-order valence-electron chi connectivity index (χ2n) is 4.55. The number of esters is 1. The maximum absolute atomic E-state index is 11.8. The van der Waals surface area contributed by atoms with E-state index in [-0.39, 0.29) is 11.7 Å². The number of benzene rings is 1. The monoisotopic (exact) mass is 280 g/mol. The molecule has 0 aliphatic heterocycles. The highest BCUT2D eigenvalue weighted by Crippen LogP contribution is 2.36. The number of methoxy groups -OCH3 is 1. The third-order valence-corrected chi connectivity index (χ3v) is 3.29. The topological polar surface area (TPSA) is 56.5 Å². The fourth-order valence-electron chi connectivity index (χ4n) is 2.34. The normalized spacial score (nSPS) is 14.7. The van der Waals surface area contributed by atoms with Gasteiger partial charge in [0.05, 0.1) is 12.7 Å². The Balaban J connectivity index is 2.08. The standard InChI is InChI=1S/C17H12O4/c1-20-17(19)16-9-11(14-4-2-3-5-15(14)16)8-12-6-7-13(10-18)21-12/h2-10H,1H3. The number of carbonyl (C=O) groups is 2. The zero-order chi connectivity index (χ0) is 14.8. The minimum Gasteiger partial charge on any atom is -0.465 e. The molecule has 0 saturated heterocycles. The number of hydrogen-bond acceptors (Lipinski definition) is 4. The lowest BCUT2D eigenvalue weighted by molar-refractivity contribution is -0.133. The van der Waals surface area contributed by atoms with Crippen LogP contribution in [0.15, 0.2) is 46.9 Å². The summed E-state index contributed by atoms with van der Waals surface area (Å²) in [7, 11) is 1.36. The molecule has 21 heavy (non-hydrogen) atoms. The van der Waals surface area contributed by atoms with E-state index < -0.39 is 0 Å². The molecule has 0 bridgehead atoms. The van der Waals surface area contributed by atoms with Crippen LogP contribution in [-0.2, 0) is 9.53 Å². The van der Waals surface area contributed by atoms with Crippen molar-refractivity contribution in [3.63, 3.8) is 0 Å². The molecule has 0 saturated carbocycles. The third kappa shape index (κ3) is 2.31. The van der Waals surface area contributed by atoms with Crippen molar-refractivity contribution < 1.29 is 18.7 Å². The van der Waals surface area contributed by atoms with Crippen molar-refractivity contribution in [2.45, 2.75) is 0 Å². The highest BCUT2D eigenvalue weighted by atomic mass is 16.5. The number of hydrogen-bond donors (Lipinski definition) is 0. The Kier molecular flexibility index (Phi) is 3.28. The highest BCUT2D eigenvalue weighted by Gasteiger charge is 2.23. The quantitative estimate of drug-likeness (QED) is 0.640. The molecule has 0 unspecified atom stereocenters. The lowest BCUT2D eigenvalue weighted by Gasteiger charge is -2.02. The van der Waals surface area contributed by atoms with Gasteiger partial charge in [0.2, 0.25) is 0 Å². The number of allylic oxidation sites excluding steroid dienone is 2. The summed E-state index contributed by atoms with van der Waals surface area (Å²) < 4.78 is 10.1. The Morgan fingerprint density at radius 3 is 2.48 bits per heavy atom. The predicted octanol–water partition coefficient (Wildman–Crippen LogP) is 3.20. The predicted molar refractivity (Wildman–Crippen MR) is 78.4 cm³/mol. The smallest absolute Gasteiger partial charge is 0.338 e. The maximum Gasteiger partial charge on any atom is 0.338 e. The number of rotatable bonds is 3. The molecule has 104 valence electrons. The van der Waals surface area contributed by atoms with E-state index in [4.69, 9.17) is 9.15 Å². The molecule has 0 fully saturated rings. The number of ether oxygens (including phenoxy) is 1. The Hall–Kier alpha value is -2.88. The molecule has 4 heteroatoms. The molecular weight excluding hydrogens is 268 g/mol. The van der Waals surface area contributed by atoms with E-state index in [0.717, 1.165) is 16.7 Å². The fraction of sp³-hybridized carbons (Fsp3) is 0.0588. The van der Waals surface area contributed by atoms with Crippen molar-refractivity contribution in [1.29, 1.82) is 0 Å². The molecule has 1 aromatic heterocycles. The van der Waals surface area contributed by atoms with Gasteiger partial charge in [0, 0.05) is 0 Å². The summed E-state index contributed by atoms with van der Waals surface area (Å²) in [5.74, 6) is 0.452. The molecule has 0 spiro atoms. The Labute approximate surface area is 121 Å². The number of aldehydes is 1. The van der Waals surface area contributed by atoms with Crippen LogP contribution in [0.25, 0.3) is 17.2 Å². The Morgan fingerprint density at radius 1 is 1.10 bits per heavy atom. The van der Waals surface area contributed by atoms with Gasteiger partial charge in [0.1, 0.15) is 5.76 Å². The van der Waals surface area contributed by atoms with Crippen LogP contribution in [0, 0.1) is 0 Å². The van der Waals surface area contributed by atoms with E-state index in [1.165, 1.54) is 7.11 Å². The average molecular weight is 280 g/mol. The SMILES string of the molecule is COC(=O)C1=CC(=Cc2ccc(C=O)o2)c2ccccc21. The third-order valence-electron chi connectivity index (χ3n) is 3.29. The van der Waals surface area contributed by atoms with Gasteiger partial charge < -0.3 is 9.15 Å². The van der Waals surface area contributed by atoms with Crippen LogP contribution >= 0.6 is 0 Å². The van der Waals surface area contributed by atoms with E-state index in [9.17, 15) is 9.59 Å². The Bertz CT molecular complexity index is 778. The summed E-state index contributed by atoms with van der Waals surface area (Å²) in [6.45, 7) is 0. The molecule has 0 amide bonds. The molecular formula is C17H12O4. The number of fused-ring (bicyclic) bond motifs is 1. The molecule has 1 aromatic carbocycles. The second kappa shape index (κ2) is 5.25. The van der Waals surface area contributed by atoms with Gasteiger partial charge in [-0.2, -0.15) is 0 Å². The van der Waals surface area contributed by atoms with E-state index in [2.05, 4.69) is 0 Å². The van der Waals surface area contributed by atoms with Gasteiger partial charge in [0.25, 0.3) is 0 Å². The molecule has 1 aliphatic carbocycles. The molecule has 4 nitrogen and oxygen atoms in total. The van der Waals surface area contributed by atoms with E-state index in [1.807, 2.05) is 24.3 Å². The zero-order valence-corrected chi connectivity index (χ0v) is 11.3. The van der Waals surface area contributed by atoms with Crippen LogP contribution in [0.4, 0.5) is 0 Å². The van der Waals surface area contributed by atoms with E-state index in [0.29, 0.717) is 17.6 Å². The second-order valence-corrected chi connectivity index (χ2v) is 4.55.